The lowest BCUT2D eigenvalue weighted by Crippen LogP contribution is -2.29. The summed E-state index contributed by atoms with van der Waals surface area (Å²) in [4.78, 5) is 34.5. The SMILES string of the molecule is COC(=O)[C@@H](OC(C)(C)C)c1c(C)c([N+](=O)[O-])c(NC(N)=O)c(I)c1Br. The number of anilines is 1. The number of nitro groups is 1. The van der Waals surface area contributed by atoms with Gasteiger partial charge in [0.05, 0.1) is 21.2 Å². The van der Waals surface area contributed by atoms with Gasteiger partial charge in [-0.25, -0.2) is 9.59 Å². The fraction of sp³-hybridized carbons (Fsp3) is 0.467. The van der Waals surface area contributed by atoms with Gasteiger partial charge in [-0.15, -0.1) is 0 Å². The molecule has 1 aromatic carbocycles. The molecule has 3 N–H and O–H groups in total. The topological polar surface area (TPSA) is 134 Å². The molecule has 1 aromatic rings. The standard InChI is InChI=1S/C15H19BrIN3O6/c1-6-7(12(13(21)25-5)26-15(2,3)4)8(16)9(17)10(19-14(18)22)11(6)20(23)24/h12H,1-5H3,(H3,18,19,22)/t12-/m0/s1. The van der Waals surface area contributed by atoms with Gasteiger partial charge in [-0.2, -0.15) is 0 Å². The van der Waals surface area contributed by atoms with Gasteiger partial charge in [0.25, 0.3) is 5.69 Å². The number of nitrogens with zero attached hydrogens (tertiary/aromatic N) is 1. The highest BCUT2D eigenvalue weighted by molar-refractivity contribution is 14.1. The first-order chi connectivity index (χ1) is 11.8. The number of esters is 1. The molecular formula is C15H19BrIN3O6. The molecule has 0 aliphatic carbocycles. The van der Waals surface area contributed by atoms with Crippen LogP contribution in [0.4, 0.5) is 16.2 Å². The van der Waals surface area contributed by atoms with Crippen molar-refractivity contribution in [2.75, 3.05) is 12.4 Å². The van der Waals surface area contributed by atoms with E-state index in [2.05, 4.69) is 21.2 Å². The fourth-order valence-corrected chi connectivity index (χ4v) is 3.66. The predicted molar refractivity (Wildman–Crippen MR) is 107 cm³/mol. The predicted octanol–water partition coefficient (Wildman–Crippen LogP) is 3.79. The number of hydrogen-bond donors (Lipinski definition) is 2. The molecule has 0 fully saturated rings. The zero-order valence-electron chi connectivity index (χ0n) is 14.8. The molecule has 0 saturated carbocycles. The van der Waals surface area contributed by atoms with Crippen molar-refractivity contribution < 1.29 is 24.0 Å². The Bertz CT molecular complexity index is 763. The fourth-order valence-electron chi connectivity index (χ4n) is 2.27. The molecule has 0 heterocycles. The number of carbonyl (C=O) groups is 2. The molecule has 1 rings (SSSR count). The van der Waals surface area contributed by atoms with Gasteiger partial charge in [0.1, 0.15) is 5.69 Å². The summed E-state index contributed by atoms with van der Waals surface area (Å²) >= 11 is 5.17. The lowest BCUT2D eigenvalue weighted by Gasteiger charge is -2.28. The van der Waals surface area contributed by atoms with Gasteiger partial charge in [-0.05, 0) is 66.2 Å². The van der Waals surface area contributed by atoms with Gasteiger partial charge in [0.2, 0.25) is 0 Å². The molecule has 0 aromatic heterocycles. The molecule has 0 saturated heterocycles. The number of ether oxygens (including phenoxy) is 2. The van der Waals surface area contributed by atoms with Crippen LogP contribution in [0.15, 0.2) is 4.47 Å². The number of nitrogens with two attached hydrogens (primary N) is 1. The Labute approximate surface area is 172 Å². The first-order valence-electron chi connectivity index (χ1n) is 7.29. The molecular weight excluding hydrogens is 525 g/mol. The van der Waals surface area contributed by atoms with Crippen molar-refractivity contribution in [2.24, 2.45) is 5.73 Å². The number of halogens is 2. The summed E-state index contributed by atoms with van der Waals surface area (Å²) in [5.74, 6) is -0.704. The number of methoxy groups -OCH3 is 1. The highest BCUT2D eigenvalue weighted by atomic mass is 127. The molecule has 144 valence electrons. The Morgan fingerprint density at radius 3 is 2.31 bits per heavy atom. The molecule has 0 aliphatic heterocycles. The Kier molecular flexibility index (Phi) is 7.36. The molecule has 0 spiro atoms. The summed E-state index contributed by atoms with van der Waals surface area (Å²) in [6.45, 7) is 6.69. The number of primary amides is 1. The van der Waals surface area contributed by atoms with Crippen molar-refractivity contribution in [3.05, 3.63) is 29.3 Å². The zero-order chi connectivity index (χ0) is 20.4. The molecule has 0 unspecified atom stereocenters. The summed E-state index contributed by atoms with van der Waals surface area (Å²) in [5, 5.41) is 13.9. The lowest BCUT2D eigenvalue weighted by molar-refractivity contribution is -0.384. The number of benzene rings is 1. The van der Waals surface area contributed by atoms with Crippen LogP contribution in [0, 0.1) is 20.6 Å². The van der Waals surface area contributed by atoms with E-state index in [4.69, 9.17) is 15.2 Å². The second kappa shape index (κ2) is 8.48. The normalized spacial score (nSPS) is 12.4. The Hall–Kier alpha value is -1.47. The van der Waals surface area contributed by atoms with E-state index in [1.165, 1.54) is 14.0 Å². The smallest absolute Gasteiger partial charge is 0.339 e. The number of nitro benzene ring substituents is 1. The molecule has 0 radical (unpaired) electrons. The third-order valence-corrected chi connectivity index (χ3v) is 5.87. The van der Waals surface area contributed by atoms with E-state index in [1.807, 2.05) is 22.6 Å². The van der Waals surface area contributed by atoms with E-state index in [0.717, 1.165) is 0 Å². The van der Waals surface area contributed by atoms with Crippen LogP contribution in [-0.4, -0.2) is 29.6 Å². The molecule has 1 atom stereocenters. The minimum Gasteiger partial charge on any atom is -0.467 e. The molecule has 26 heavy (non-hydrogen) atoms. The molecule has 0 aliphatic rings. The number of rotatable bonds is 5. The van der Waals surface area contributed by atoms with Gasteiger partial charge in [-0.1, -0.05) is 0 Å². The largest absolute Gasteiger partial charge is 0.467 e. The van der Waals surface area contributed by atoms with E-state index in [0.29, 0.717) is 8.04 Å². The Morgan fingerprint density at radius 2 is 1.92 bits per heavy atom. The van der Waals surface area contributed by atoms with Crippen molar-refractivity contribution in [1.82, 2.24) is 0 Å². The van der Waals surface area contributed by atoms with Crippen LogP contribution in [0.2, 0.25) is 0 Å². The molecule has 2 amide bonds. The van der Waals surface area contributed by atoms with Crippen LogP contribution in [0.25, 0.3) is 0 Å². The Morgan fingerprint density at radius 1 is 1.38 bits per heavy atom. The second-order valence-electron chi connectivity index (χ2n) is 6.27. The van der Waals surface area contributed by atoms with Crippen LogP contribution >= 0.6 is 38.5 Å². The third-order valence-electron chi connectivity index (χ3n) is 3.22. The van der Waals surface area contributed by atoms with E-state index in [9.17, 15) is 19.7 Å². The van der Waals surface area contributed by atoms with E-state index < -0.39 is 28.6 Å². The lowest BCUT2D eigenvalue weighted by atomic mass is 9.99. The summed E-state index contributed by atoms with van der Waals surface area (Å²) in [6, 6.07) is -0.944. The number of urea groups is 1. The van der Waals surface area contributed by atoms with Crippen molar-refractivity contribution in [3.8, 4) is 0 Å². The number of nitrogens with one attached hydrogen (secondary N) is 1. The van der Waals surface area contributed by atoms with E-state index in [1.54, 1.807) is 20.8 Å². The zero-order valence-corrected chi connectivity index (χ0v) is 18.6. The first-order valence-corrected chi connectivity index (χ1v) is 9.16. The van der Waals surface area contributed by atoms with Crippen molar-refractivity contribution in [3.63, 3.8) is 0 Å². The molecule has 11 heteroatoms. The van der Waals surface area contributed by atoms with Gasteiger partial charge in [-0.3, -0.25) is 10.1 Å². The van der Waals surface area contributed by atoms with Gasteiger partial charge in [0.15, 0.2) is 6.10 Å². The average molecular weight is 544 g/mol. The summed E-state index contributed by atoms with van der Waals surface area (Å²) in [6.07, 6.45) is -1.20. The third kappa shape index (κ3) is 5.04. The minimum absolute atomic E-state index is 0.0596. The van der Waals surface area contributed by atoms with Crippen LogP contribution in [0.3, 0.4) is 0 Å². The number of amides is 2. The van der Waals surface area contributed by atoms with Crippen molar-refractivity contribution in [1.29, 1.82) is 0 Å². The summed E-state index contributed by atoms with van der Waals surface area (Å²) < 4.78 is 11.3. The van der Waals surface area contributed by atoms with E-state index >= 15 is 0 Å². The van der Waals surface area contributed by atoms with Gasteiger partial charge < -0.3 is 20.5 Å². The van der Waals surface area contributed by atoms with Crippen molar-refractivity contribution >= 4 is 61.9 Å². The highest BCUT2D eigenvalue weighted by Gasteiger charge is 2.37. The van der Waals surface area contributed by atoms with Crippen LogP contribution in [-0.2, 0) is 14.3 Å². The molecule has 9 nitrogen and oxygen atoms in total. The van der Waals surface area contributed by atoms with Crippen molar-refractivity contribution in [2.45, 2.75) is 39.4 Å². The van der Waals surface area contributed by atoms with Crippen LogP contribution in [0.5, 0.6) is 0 Å². The summed E-state index contributed by atoms with van der Waals surface area (Å²) in [7, 11) is 1.20. The summed E-state index contributed by atoms with van der Waals surface area (Å²) in [5.41, 5.74) is 4.35. The van der Waals surface area contributed by atoms with E-state index in [-0.39, 0.29) is 22.5 Å². The quantitative estimate of drug-likeness (QED) is 0.251. The Balaban J connectivity index is 3.82. The maximum Gasteiger partial charge on any atom is 0.339 e. The number of carbonyl (C=O) groups excluding carboxylic acids is 2. The maximum atomic E-state index is 12.3. The molecule has 0 bridgehead atoms. The second-order valence-corrected chi connectivity index (χ2v) is 8.14. The van der Waals surface area contributed by atoms with Gasteiger partial charge >= 0.3 is 12.0 Å². The highest BCUT2D eigenvalue weighted by Crippen LogP contribution is 2.45. The van der Waals surface area contributed by atoms with Crippen LogP contribution < -0.4 is 11.1 Å². The van der Waals surface area contributed by atoms with Crippen LogP contribution in [0.1, 0.15) is 38.0 Å². The first kappa shape index (κ1) is 22.6. The minimum atomic E-state index is -1.20. The number of hydrogen-bond acceptors (Lipinski definition) is 6. The average Bonchev–Trinajstić information content (AvgIpc) is 2.48. The maximum absolute atomic E-state index is 12.3. The van der Waals surface area contributed by atoms with Gasteiger partial charge in [0, 0.05) is 15.6 Å². The monoisotopic (exact) mass is 543 g/mol.